The van der Waals surface area contributed by atoms with Gasteiger partial charge in [0.1, 0.15) is 5.56 Å². The number of fused-ring (bicyclic) bond motifs is 3. The monoisotopic (exact) mass is 314 g/mol. The molecule has 6 heteroatoms. The van der Waals surface area contributed by atoms with Crippen molar-refractivity contribution in [2.45, 2.75) is 46.1 Å². The first-order valence-corrected chi connectivity index (χ1v) is 8.20. The highest BCUT2D eigenvalue weighted by molar-refractivity contribution is 5.99. The van der Waals surface area contributed by atoms with Crippen LogP contribution in [0, 0.1) is 16.7 Å². The third-order valence-corrected chi connectivity index (χ3v) is 6.77. The number of nitrogens with one attached hydrogen (secondary N) is 2. The standard InChI is InChI=1S/C17H22N4O2/c1-16(2)10-4-6-17(16,3)12(8-10)20-15(23)11-9-19-21-13(22)5-7-18-14(11)21/h5,7,9-10,12,19H,4,6,8H2,1-3H3,(H,20,23)/t10-,12-,17-/m0/s1. The molecule has 0 spiro atoms. The summed E-state index contributed by atoms with van der Waals surface area (Å²) in [7, 11) is 0. The van der Waals surface area contributed by atoms with Gasteiger partial charge >= 0.3 is 0 Å². The highest BCUT2D eigenvalue weighted by Crippen LogP contribution is 2.65. The number of nitrogens with zero attached hydrogens (tertiary/aromatic N) is 2. The first kappa shape index (κ1) is 14.5. The second-order valence-corrected chi connectivity index (χ2v) is 7.77. The minimum absolute atomic E-state index is 0.129. The first-order chi connectivity index (χ1) is 10.8. The molecule has 2 heterocycles. The molecular formula is C17H22N4O2. The normalized spacial score (nSPS) is 31.6. The third-order valence-electron chi connectivity index (χ3n) is 6.77. The number of hydrogen-bond donors (Lipinski definition) is 2. The Morgan fingerprint density at radius 2 is 2.22 bits per heavy atom. The molecule has 0 aromatic carbocycles. The molecule has 0 saturated heterocycles. The Bertz CT molecular complexity index is 850. The average Bonchev–Trinajstić information content (AvgIpc) is 3.08. The number of carbonyl (C=O) groups excluding carboxylic acids is 1. The van der Waals surface area contributed by atoms with E-state index in [2.05, 4.69) is 36.2 Å². The van der Waals surface area contributed by atoms with Crippen molar-refractivity contribution in [1.82, 2.24) is 19.9 Å². The van der Waals surface area contributed by atoms with Crippen molar-refractivity contribution in [3.05, 3.63) is 34.4 Å². The van der Waals surface area contributed by atoms with Gasteiger partial charge in [0, 0.05) is 24.5 Å². The van der Waals surface area contributed by atoms with Crippen LogP contribution in [-0.2, 0) is 0 Å². The van der Waals surface area contributed by atoms with E-state index in [1.54, 1.807) is 6.20 Å². The van der Waals surface area contributed by atoms with Crippen molar-refractivity contribution >= 4 is 11.6 Å². The highest BCUT2D eigenvalue weighted by Gasteiger charge is 2.61. The first-order valence-electron chi connectivity index (χ1n) is 8.20. The predicted octanol–water partition coefficient (Wildman–Crippen LogP) is 1.97. The fourth-order valence-electron chi connectivity index (χ4n) is 4.74. The van der Waals surface area contributed by atoms with Crippen molar-refractivity contribution in [3.8, 4) is 0 Å². The Labute approximate surface area is 134 Å². The smallest absolute Gasteiger partial charge is 0.272 e. The molecule has 6 nitrogen and oxygen atoms in total. The van der Waals surface area contributed by atoms with Crippen LogP contribution in [0.1, 0.15) is 50.4 Å². The van der Waals surface area contributed by atoms with E-state index in [0.717, 1.165) is 12.8 Å². The van der Waals surface area contributed by atoms with Crippen LogP contribution in [0.5, 0.6) is 0 Å². The Morgan fingerprint density at radius 3 is 2.87 bits per heavy atom. The lowest BCUT2D eigenvalue weighted by Gasteiger charge is -2.39. The fourth-order valence-corrected chi connectivity index (χ4v) is 4.74. The summed E-state index contributed by atoms with van der Waals surface area (Å²) in [5, 5.41) is 6.01. The minimum atomic E-state index is -0.220. The number of aromatic amines is 1. The van der Waals surface area contributed by atoms with Gasteiger partial charge in [-0.1, -0.05) is 20.8 Å². The number of hydrogen-bond acceptors (Lipinski definition) is 3. The zero-order valence-corrected chi connectivity index (χ0v) is 13.7. The van der Waals surface area contributed by atoms with Gasteiger partial charge < -0.3 is 5.32 Å². The quantitative estimate of drug-likeness (QED) is 0.889. The molecule has 2 bridgehead atoms. The molecule has 1 amide bonds. The zero-order chi connectivity index (χ0) is 16.4. The van der Waals surface area contributed by atoms with E-state index in [9.17, 15) is 9.59 Å². The van der Waals surface area contributed by atoms with Gasteiger partial charge in [-0.15, -0.1) is 0 Å². The van der Waals surface area contributed by atoms with Crippen molar-refractivity contribution in [1.29, 1.82) is 0 Å². The predicted molar refractivity (Wildman–Crippen MR) is 86.3 cm³/mol. The lowest BCUT2D eigenvalue weighted by Crippen LogP contribution is -2.46. The maximum atomic E-state index is 12.7. The van der Waals surface area contributed by atoms with Crippen LogP contribution in [-0.4, -0.2) is 26.5 Å². The van der Waals surface area contributed by atoms with E-state index in [-0.39, 0.29) is 28.3 Å². The average molecular weight is 314 g/mol. The number of H-pyrrole nitrogens is 1. The summed E-state index contributed by atoms with van der Waals surface area (Å²) in [6, 6.07) is 1.54. The highest BCUT2D eigenvalue weighted by atomic mass is 16.2. The minimum Gasteiger partial charge on any atom is -0.349 e. The zero-order valence-electron chi connectivity index (χ0n) is 13.7. The van der Waals surface area contributed by atoms with Crippen LogP contribution >= 0.6 is 0 Å². The van der Waals surface area contributed by atoms with E-state index in [1.807, 2.05) is 0 Å². The van der Waals surface area contributed by atoms with Crippen molar-refractivity contribution in [2.24, 2.45) is 16.7 Å². The summed E-state index contributed by atoms with van der Waals surface area (Å²) in [4.78, 5) is 28.7. The molecule has 2 N–H and O–H groups in total. The summed E-state index contributed by atoms with van der Waals surface area (Å²) >= 11 is 0. The van der Waals surface area contributed by atoms with Crippen molar-refractivity contribution < 1.29 is 4.79 Å². The lowest BCUT2D eigenvalue weighted by molar-refractivity contribution is 0.0827. The summed E-state index contributed by atoms with van der Waals surface area (Å²) in [5.41, 5.74) is 0.959. The van der Waals surface area contributed by atoms with Crippen LogP contribution in [0.2, 0.25) is 0 Å². The molecule has 3 atom stereocenters. The molecule has 2 saturated carbocycles. The molecular weight excluding hydrogens is 292 g/mol. The summed E-state index contributed by atoms with van der Waals surface area (Å²) in [6.07, 6.45) is 6.43. The van der Waals surface area contributed by atoms with Gasteiger partial charge in [0.2, 0.25) is 0 Å². The summed E-state index contributed by atoms with van der Waals surface area (Å²) < 4.78 is 1.29. The molecule has 2 aliphatic rings. The third kappa shape index (κ3) is 1.77. The van der Waals surface area contributed by atoms with Gasteiger partial charge in [-0.2, -0.15) is 0 Å². The van der Waals surface area contributed by atoms with E-state index in [0.29, 0.717) is 17.1 Å². The van der Waals surface area contributed by atoms with E-state index < -0.39 is 0 Å². The molecule has 2 aromatic heterocycles. The van der Waals surface area contributed by atoms with Crippen LogP contribution in [0.4, 0.5) is 0 Å². The van der Waals surface area contributed by atoms with Gasteiger partial charge in [-0.05, 0) is 36.0 Å². The maximum absolute atomic E-state index is 12.7. The van der Waals surface area contributed by atoms with Gasteiger partial charge in [-0.3, -0.25) is 14.7 Å². The number of carbonyl (C=O) groups is 1. The van der Waals surface area contributed by atoms with E-state index in [4.69, 9.17) is 0 Å². The molecule has 4 rings (SSSR count). The van der Waals surface area contributed by atoms with E-state index >= 15 is 0 Å². The van der Waals surface area contributed by atoms with Gasteiger partial charge in [0.25, 0.3) is 11.5 Å². The molecule has 0 aliphatic heterocycles. The van der Waals surface area contributed by atoms with Crippen LogP contribution in [0.25, 0.3) is 5.65 Å². The summed E-state index contributed by atoms with van der Waals surface area (Å²) in [5.74, 6) is 0.512. The molecule has 2 aromatic rings. The molecule has 2 fully saturated rings. The molecule has 0 unspecified atom stereocenters. The van der Waals surface area contributed by atoms with Gasteiger partial charge in [0.05, 0.1) is 0 Å². The Kier molecular flexibility index (Phi) is 2.81. The Balaban J connectivity index is 1.64. The molecule has 2 aliphatic carbocycles. The SMILES string of the molecule is CC1(C)[C@H]2CC[C@@]1(C)[C@@H](NC(=O)c1c[nH]n3c(=O)ccnc13)C2. The Hall–Kier alpha value is -2.11. The second kappa shape index (κ2) is 4.46. The van der Waals surface area contributed by atoms with Crippen LogP contribution in [0.15, 0.2) is 23.3 Å². The fraction of sp³-hybridized carbons (Fsp3) is 0.588. The maximum Gasteiger partial charge on any atom is 0.272 e. The van der Waals surface area contributed by atoms with Gasteiger partial charge in [0.15, 0.2) is 5.65 Å². The number of aromatic nitrogens is 3. The lowest BCUT2D eigenvalue weighted by atomic mass is 9.69. The second-order valence-electron chi connectivity index (χ2n) is 7.77. The van der Waals surface area contributed by atoms with Crippen LogP contribution < -0.4 is 10.9 Å². The number of rotatable bonds is 2. The molecule has 122 valence electrons. The topological polar surface area (TPSA) is 79.3 Å². The molecule has 0 radical (unpaired) electrons. The molecule has 23 heavy (non-hydrogen) atoms. The summed E-state index contributed by atoms with van der Waals surface area (Å²) in [6.45, 7) is 6.94. The largest absolute Gasteiger partial charge is 0.349 e. The van der Waals surface area contributed by atoms with Gasteiger partial charge in [-0.25, -0.2) is 9.50 Å². The van der Waals surface area contributed by atoms with Crippen LogP contribution in [0.3, 0.4) is 0 Å². The Morgan fingerprint density at radius 1 is 1.43 bits per heavy atom. The van der Waals surface area contributed by atoms with Crippen molar-refractivity contribution in [2.75, 3.05) is 0 Å². The number of amides is 1. The van der Waals surface area contributed by atoms with E-state index in [1.165, 1.54) is 23.2 Å². The van der Waals surface area contributed by atoms with Crippen molar-refractivity contribution in [3.63, 3.8) is 0 Å².